The molecule has 0 bridgehead atoms. The van der Waals surface area contributed by atoms with Crippen molar-refractivity contribution in [3.8, 4) is 0 Å². The molecule has 0 N–H and O–H groups in total. The highest BCUT2D eigenvalue weighted by Gasteiger charge is 2.09. The molecule has 1 heterocycles. The molecule has 0 amide bonds. The quantitative estimate of drug-likeness (QED) is 0.400. The maximum atomic E-state index is 4.31. The summed E-state index contributed by atoms with van der Waals surface area (Å²) in [5, 5.41) is 7.83. The average Bonchev–Trinajstić information content (AvgIpc) is 2.66. The third-order valence-electron chi connectivity index (χ3n) is 4.58. The maximum absolute atomic E-state index is 4.31. The fourth-order valence-corrected chi connectivity index (χ4v) is 3.48. The monoisotopic (exact) mass is 306 g/mol. The number of benzene rings is 4. The first-order chi connectivity index (χ1) is 11.9. The van der Waals surface area contributed by atoms with E-state index in [4.69, 9.17) is 0 Å². The van der Waals surface area contributed by atoms with Gasteiger partial charge in [0.05, 0.1) is 11.9 Å². The molecule has 1 aromatic heterocycles. The van der Waals surface area contributed by atoms with Gasteiger partial charge in [0.25, 0.3) is 0 Å². The number of hydrogen-bond donors (Lipinski definition) is 0. The lowest BCUT2D eigenvalue weighted by atomic mass is 9.92. The van der Waals surface area contributed by atoms with Gasteiger partial charge in [0.2, 0.25) is 0 Å². The Morgan fingerprint density at radius 3 is 2.21 bits per heavy atom. The van der Waals surface area contributed by atoms with Gasteiger partial charge in [-0.3, -0.25) is 9.97 Å². The van der Waals surface area contributed by atoms with Gasteiger partial charge >= 0.3 is 0 Å². The molecule has 0 atom stereocenters. The minimum atomic E-state index is 0.864. The summed E-state index contributed by atoms with van der Waals surface area (Å²) in [5.41, 5.74) is 2.06. The van der Waals surface area contributed by atoms with Gasteiger partial charge in [-0.25, -0.2) is 0 Å². The van der Waals surface area contributed by atoms with Crippen molar-refractivity contribution in [2.75, 3.05) is 0 Å². The highest BCUT2D eigenvalue weighted by atomic mass is 14.7. The van der Waals surface area contributed by atoms with E-state index in [-0.39, 0.29) is 0 Å². The summed E-state index contributed by atoms with van der Waals surface area (Å²) in [6.45, 7) is 0. The van der Waals surface area contributed by atoms with Gasteiger partial charge in [-0.15, -0.1) is 0 Å². The largest absolute Gasteiger partial charge is 0.261 e. The number of nitrogens with zero attached hydrogens (tertiary/aromatic N) is 2. The lowest BCUT2D eigenvalue weighted by molar-refractivity contribution is 1.18. The van der Waals surface area contributed by atoms with Crippen LogP contribution in [0.3, 0.4) is 0 Å². The lowest BCUT2D eigenvalue weighted by Crippen LogP contribution is -1.86. The van der Waals surface area contributed by atoms with Crippen molar-refractivity contribution in [2.24, 2.45) is 0 Å². The van der Waals surface area contributed by atoms with Crippen molar-refractivity contribution in [1.82, 2.24) is 9.97 Å². The highest BCUT2D eigenvalue weighted by Crippen LogP contribution is 2.36. The van der Waals surface area contributed by atoms with Crippen LogP contribution in [0.2, 0.25) is 0 Å². The van der Waals surface area contributed by atoms with Crippen molar-refractivity contribution in [2.45, 2.75) is 0 Å². The maximum Gasteiger partial charge on any atom is 0.0813 e. The Hall–Kier alpha value is -3.26. The Kier molecular flexibility index (Phi) is 2.83. The van der Waals surface area contributed by atoms with Gasteiger partial charge in [0, 0.05) is 12.4 Å². The van der Waals surface area contributed by atoms with Gasteiger partial charge in [-0.05, 0) is 44.0 Å². The molecule has 0 spiro atoms. The van der Waals surface area contributed by atoms with Crippen molar-refractivity contribution >= 4 is 44.5 Å². The van der Waals surface area contributed by atoms with Crippen LogP contribution in [0, 0.1) is 0 Å². The Morgan fingerprint density at radius 1 is 0.667 bits per heavy atom. The molecule has 0 fully saturated rings. The lowest BCUT2D eigenvalue weighted by Gasteiger charge is -2.12. The molecule has 5 rings (SSSR count). The predicted octanol–water partition coefficient (Wildman–Crippen LogP) is 5.54. The molecular weight excluding hydrogens is 292 g/mol. The zero-order valence-electron chi connectivity index (χ0n) is 13.0. The van der Waals surface area contributed by atoms with Crippen molar-refractivity contribution < 1.29 is 0 Å². The Balaban J connectivity index is 1.80. The first kappa shape index (κ1) is 13.2. The second kappa shape index (κ2) is 5.14. The molecular formula is C22H14N2. The number of hydrogen-bond acceptors (Lipinski definition) is 2. The minimum Gasteiger partial charge on any atom is -0.261 e. The summed E-state index contributed by atoms with van der Waals surface area (Å²) in [5.74, 6) is 0. The van der Waals surface area contributed by atoms with E-state index >= 15 is 0 Å². The molecule has 0 radical (unpaired) electrons. The van der Waals surface area contributed by atoms with E-state index in [9.17, 15) is 0 Å². The van der Waals surface area contributed by atoms with Crippen LogP contribution in [0.4, 0.5) is 0 Å². The van der Waals surface area contributed by atoms with Crippen LogP contribution in [0.25, 0.3) is 44.5 Å². The third-order valence-corrected chi connectivity index (χ3v) is 4.58. The molecule has 24 heavy (non-hydrogen) atoms. The van der Waals surface area contributed by atoms with Crippen LogP contribution in [0.15, 0.2) is 73.2 Å². The second-order valence-electron chi connectivity index (χ2n) is 5.97. The Bertz CT molecular complexity index is 1170. The van der Waals surface area contributed by atoms with Gasteiger partial charge in [0.15, 0.2) is 0 Å². The third kappa shape index (κ3) is 1.97. The molecule has 4 aromatic carbocycles. The molecule has 2 heteroatoms. The Labute approximate surface area is 139 Å². The topological polar surface area (TPSA) is 25.8 Å². The second-order valence-corrected chi connectivity index (χ2v) is 5.97. The molecule has 0 aliphatic carbocycles. The summed E-state index contributed by atoms with van der Waals surface area (Å²) in [4.78, 5) is 8.42. The molecule has 0 saturated heterocycles. The smallest absolute Gasteiger partial charge is 0.0813 e. The number of rotatable bonds is 2. The standard InChI is InChI=1S/C22H14N2/c1-2-16-6-7-18-5-4-15(8-10-19-14-23-12-13-24-19)20-11-9-17(3-1)21(16)22(18)20/h1-14H. The summed E-state index contributed by atoms with van der Waals surface area (Å²) in [6.07, 6.45) is 9.30. The molecule has 2 nitrogen and oxygen atoms in total. The zero-order valence-corrected chi connectivity index (χ0v) is 13.0. The van der Waals surface area contributed by atoms with Crippen LogP contribution in [0.1, 0.15) is 11.3 Å². The molecule has 5 aromatic rings. The van der Waals surface area contributed by atoms with E-state index in [1.165, 1.54) is 37.9 Å². The Morgan fingerprint density at radius 2 is 1.42 bits per heavy atom. The molecule has 0 aliphatic rings. The van der Waals surface area contributed by atoms with Crippen LogP contribution >= 0.6 is 0 Å². The minimum absolute atomic E-state index is 0.864. The van der Waals surface area contributed by atoms with E-state index in [0.717, 1.165) is 5.69 Å². The summed E-state index contributed by atoms with van der Waals surface area (Å²) >= 11 is 0. The van der Waals surface area contributed by atoms with Crippen LogP contribution in [-0.4, -0.2) is 9.97 Å². The zero-order chi connectivity index (χ0) is 15.9. The molecule has 0 saturated carbocycles. The van der Waals surface area contributed by atoms with Gasteiger partial charge in [-0.1, -0.05) is 60.7 Å². The van der Waals surface area contributed by atoms with Crippen molar-refractivity contribution in [3.05, 3.63) is 84.4 Å². The van der Waals surface area contributed by atoms with Crippen molar-refractivity contribution in [1.29, 1.82) is 0 Å². The van der Waals surface area contributed by atoms with Gasteiger partial charge in [-0.2, -0.15) is 0 Å². The van der Waals surface area contributed by atoms with Crippen molar-refractivity contribution in [3.63, 3.8) is 0 Å². The normalized spacial score (nSPS) is 12.0. The summed E-state index contributed by atoms with van der Waals surface area (Å²) < 4.78 is 0. The van der Waals surface area contributed by atoms with Crippen LogP contribution in [0.5, 0.6) is 0 Å². The first-order valence-electron chi connectivity index (χ1n) is 8.01. The average molecular weight is 306 g/mol. The fourth-order valence-electron chi connectivity index (χ4n) is 3.48. The molecule has 0 aliphatic heterocycles. The summed E-state index contributed by atoms with van der Waals surface area (Å²) in [7, 11) is 0. The highest BCUT2D eigenvalue weighted by molar-refractivity contribution is 6.24. The van der Waals surface area contributed by atoms with E-state index in [2.05, 4.69) is 70.6 Å². The first-order valence-corrected chi connectivity index (χ1v) is 8.01. The van der Waals surface area contributed by atoms with E-state index in [0.29, 0.717) is 0 Å². The molecule has 0 unspecified atom stereocenters. The van der Waals surface area contributed by atoms with Crippen LogP contribution in [-0.2, 0) is 0 Å². The summed E-state index contributed by atoms with van der Waals surface area (Å²) in [6, 6.07) is 19.7. The van der Waals surface area contributed by atoms with Gasteiger partial charge in [0.1, 0.15) is 0 Å². The van der Waals surface area contributed by atoms with Gasteiger partial charge < -0.3 is 0 Å². The van der Waals surface area contributed by atoms with Crippen LogP contribution < -0.4 is 0 Å². The van der Waals surface area contributed by atoms with E-state index in [1.54, 1.807) is 18.6 Å². The SMILES string of the molecule is C(=Cc1ccc2ccc3cccc4ccc1c2c34)c1cnccn1. The number of aromatic nitrogens is 2. The van der Waals surface area contributed by atoms with E-state index < -0.39 is 0 Å². The molecule has 112 valence electrons. The van der Waals surface area contributed by atoms with E-state index in [1.807, 2.05) is 6.08 Å². The predicted molar refractivity (Wildman–Crippen MR) is 101 cm³/mol. The fraction of sp³-hybridized carbons (Fsp3) is 0.